The second-order valence-electron chi connectivity index (χ2n) is 4.98. The van der Waals surface area contributed by atoms with Crippen molar-refractivity contribution in [2.75, 3.05) is 5.32 Å². The minimum atomic E-state index is -0.248. The first-order chi connectivity index (χ1) is 10.7. The molecule has 6 heteroatoms. The molecule has 0 aliphatic heterocycles. The molecule has 110 valence electrons. The van der Waals surface area contributed by atoms with Gasteiger partial charge in [0.1, 0.15) is 5.69 Å². The van der Waals surface area contributed by atoms with Crippen molar-refractivity contribution < 1.29 is 0 Å². The van der Waals surface area contributed by atoms with Gasteiger partial charge >= 0.3 is 0 Å². The van der Waals surface area contributed by atoms with Gasteiger partial charge in [-0.05, 0) is 24.6 Å². The smallest absolute Gasteiger partial charge is 0.274 e. The number of aryl methyl sites for hydroxylation is 1. The van der Waals surface area contributed by atoms with Crippen molar-refractivity contribution in [2.24, 2.45) is 0 Å². The Hall–Kier alpha value is -3.02. The molecule has 3 aromatic rings. The van der Waals surface area contributed by atoms with Crippen LogP contribution in [0.3, 0.4) is 0 Å². The Labute approximate surface area is 127 Å². The van der Waals surface area contributed by atoms with E-state index in [4.69, 9.17) is 0 Å². The Balaban J connectivity index is 1.77. The maximum Gasteiger partial charge on any atom is 0.274 e. The fourth-order valence-corrected chi connectivity index (χ4v) is 2.01. The fourth-order valence-electron chi connectivity index (χ4n) is 2.01. The van der Waals surface area contributed by atoms with E-state index in [1.165, 1.54) is 5.56 Å². The van der Waals surface area contributed by atoms with Gasteiger partial charge in [-0.3, -0.25) is 14.8 Å². The first-order valence-corrected chi connectivity index (χ1v) is 6.89. The first-order valence-electron chi connectivity index (χ1n) is 6.89. The zero-order valence-electron chi connectivity index (χ0n) is 12.1. The molecule has 22 heavy (non-hydrogen) atoms. The highest BCUT2D eigenvalue weighted by atomic mass is 16.1. The van der Waals surface area contributed by atoms with Gasteiger partial charge in [-0.25, -0.2) is 0 Å². The van der Waals surface area contributed by atoms with Crippen LogP contribution in [-0.2, 0) is 6.42 Å². The number of rotatable bonds is 4. The van der Waals surface area contributed by atoms with Gasteiger partial charge in [-0.15, -0.1) is 10.2 Å². The molecular weight excluding hydrogens is 278 g/mol. The van der Waals surface area contributed by atoms with Gasteiger partial charge in [0, 0.05) is 12.6 Å². The molecule has 0 saturated carbocycles. The Morgan fingerprint density at radius 1 is 1.14 bits per heavy atom. The van der Waals surface area contributed by atoms with Crippen LogP contribution in [0, 0.1) is 6.92 Å². The van der Waals surface area contributed by atoms with Crippen molar-refractivity contribution in [3.05, 3.63) is 76.0 Å². The molecule has 0 fully saturated rings. The lowest BCUT2D eigenvalue weighted by molar-refractivity contribution is 0.873. The monoisotopic (exact) mass is 293 g/mol. The summed E-state index contributed by atoms with van der Waals surface area (Å²) in [6.07, 6.45) is 3.76. The summed E-state index contributed by atoms with van der Waals surface area (Å²) in [6, 6.07) is 11.6. The Kier molecular flexibility index (Phi) is 3.91. The van der Waals surface area contributed by atoms with E-state index in [1.807, 2.05) is 37.3 Å². The number of aromatic amines is 1. The molecule has 2 heterocycles. The Morgan fingerprint density at radius 3 is 2.64 bits per heavy atom. The largest absolute Gasteiger partial charge is 0.323 e. The second-order valence-corrected chi connectivity index (χ2v) is 4.98. The first kappa shape index (κ1) is 13.9. The van der Waals surface area contributed by atoms with E-state index in [0.717, 1.165) is 11.3 Å². The zero-order chi connectivity index (χ0) is 15.4. The minimum absolute atomic E-state index is 0.248. The van der Waals surface area contributed by atoms with Crippen molar-refractivity contribution in [3.8, 4) is 0 Å². The molecule has 2 aromatic heterocycles. The summed E-state index contributed by atoms with van der Waals surface area (Å²) < 4.78 is 0. The lowest BCUT2D eigenvalue weighted by atomic mass is 10.1. The number of nitrogens with one attached hydrogen (secondary N) is 2. The minimum Gasteiger partial charge on any atom is -0.323 e. The van der Waals surface area contributed by atoms with Crippen molar-refractivity contribution in [2.45, 2.75) is 13.3 Å². The third kappa shape index (κ3) is 3.35. The van der Waals surface area contributed by atoms with Crippen molar-refractivity contribution in [3.63, 3.8) is 0 Å². The van der Waals surface area contributed by atoms with Gasteiger partial charge in [0.25, 0.3) is 5.56 Å². The summed E-state index contributed by atoms with van der Waals surface area (Å²) in [7, 11) is 0. The summed E-state index contributed by atoms with van der Waals surface area (Å²) in [6.45, 7) is 2.02. The number of anilines is 2. The number of nitrogens with zero attached hydrogens (tertiary/aromatic N) is 3. The number of H-pyrrole nitrogens is 1. The molecule has 2 N–H and O–H groups in total. The number of pyridine rings is 1. The number of benzene rings is 1. The summed E-state index contributed by atoms with van der Waals surface area (Å²) >= 11 is 0. The van der Waals surface area contributed by atoms with Gasteiger partial charge < -0.3 is 5.32 Å². The molecule has 3 rings (SSSR count). The molecule has 0 saturated heterocycles. The van der Waals surface area contributed by atoms with Gasteiger partial charge in [-0.2, -0.15) is 0 Å². The molecule has 0 bridgehead atoms. The van der Waals surface area contributed by atoms with Crippen LogP contribution in [0.5, 0.6) is 0 Å². The molecule has 0 atom stereocenters. The number of hydrogen-bond acceptors (Lipinski definition) is 5. The molecule has 0 aliphatic rings. The van der Waals surface area contributed by atoms with Crippen LogP contribution >= 0.6 is 0 Å². The van der Waals surface area contributed by atoms with Crippen LogP contribution in [0.2, 0.25) is 0 Å². The van der Waals surface area contributed by atoms with Crippen molar-refractivity contribution >= 4 is 11.6 Å². The van der Waals surface area contributed by atoms with E-state index in [1.54, 1.807) is 18.5 Å². The zero-order valence-corrected chi connectivity index (χ0v) is 12.1. The third-order valence-corrected chi connectivity index (χ3v) is 3.18. The van der Waals surface area contributed by atoms with Crippen molar-refractivity contribution in [1.29, 1.82) is 0 Å². The summed E-state index contributed by atoms with van der Waals surface area (Å²) in [5.41, 5.74) is 3.08. The highest BCUT2D eigenvalue weighted by molar-refractivity contribution is 5.50. The molecule has 0 unspecified atom stereocenters. The van der Waals surface area contributed by atoms with Crippen LogP contribution < -0.4 is 10.9 Å². The van der Waals surface area contributed by atoms with E-state index in [2.05, 4.69) is 25.5 Å². The quantitative estimate of drug-likeness (QED) is 0.770. The highest BCUT2D eigenvalue weighted by Gasteiger charge is 2.06. The molecule has 6 nitrogen and oxygen atoms in total. The maximum atomic E-state index is 12.1. The van der Waals surface area contributed by atoms with Crippen LogP contribution in [0.15, 0.2) is 53.6 Å². The fraction of sp³-hybridized carbons (Fsp3) is 0.125. The predicted octanol–water partition coefficient (Wildman–Crippen LogP) is 2.20. The van der Waals surface area contributed by atoms with Crippen LogP contribution in [-0.4, -0.2) is 20.2 Å². The van der Waals surface area contributed by atoms with Crippen LogP contribution in [0.1, 0.15) is 16.8 Å². The normalized spacial score (nSPS) is 10.4. The molecule has 0 spiro atoms. The topological polar surface area (TPSA) is 83.6 Å². The summed E-state index contributed by atoms with van der Waals surface area (Å²) in [5, 5.41) is 11.0. The predicted molar refractivity (Wildman–Crippen MR) is 84.2 cm³/mol. The Morgan fingerprint density at radius 2 is 1.95 bits per heavy atom. The van der Waals surface area contributed by atoms with Gasteiger partial charge in [-0.1, -0.05) is 29.8 Å². The third-order valence-electron chi connectivity index (χ3n) is 3.18. The van der Waals surface area contributed by atoms with Crippen molar-refractivity contribution in [1.82, 2.24) is 20.2 Å². The van der Waals surface area contributed by atoms with E-state index in [9.17, 15) is 4.79 Å². The van der Waals surface area contributed by atoms with E-state index >= 15 is 0 Å². The average Bonchev–Trinajstić information content (AvgIpc) is 2.53. The maximum absolute atomic E-state index is 12.1. The van der Waals surface area contributed by atoms with Gasteiger partial charge in [0.15, 0.2) is 0 Å². The standard InChI is InChI=1S/C16H15N5O/c1-11-4-6-12(7-5-11)9-14-15(22)19-16(21-20-14)18-13-3-2-8-17-10-13/h2-8,10H,9H2,1H3,(H2,18,19,21,22). The molecule has 1 aromatic carbocycles. The van der Waals surface area contributed by atoms with Crippen LogP contribution in [0.4, 0.5) is 11.6 Å². The van der Waals surface area contributed by atoms with E-state index < -0.39 is 0 Å². The van der Waals surface area contributed by atoms with E-state index in [0.29, 0.717) is 18.1 Å². The van der Waals surface area contributed by atoms with E-state index in [-0.39, 0.29) is 5.56 Å². The number of aromatic nitrogens is 4. The Bertz CT molecular complexity index is 812. The summed E-state index contributed by atoms with van der Waals surface area (Å²) in [4.78, 5) is 18.8. The lowest BCUT2D eigenvalue weighted by Gasteiger charge is -2.05. The van der Waals surface area contributed by atoms with Gasteiger partial charge in [0.05, 0.1) is 11.9 Å². The molecular formula is C16H15N5O. The average molecular weight is 293 g/mol. The van der Waals surface area contributed by atoms with Gasteiger partial charge in [0.2, 0.25) is 5.95 Å². The lowest BCUT2D eigenvalue weighted by Crippen LogP contribution is -2.18. The summed E-state index contributed by atoms with van der Waals surface area (Å²) in [5.74, 6) is 0.297. The highest BCUT2D eigenvalue weighted by Crippen LogP contribution is 2.09. The second kappa shape index (κ2) is 6.17. The molecule has 0 amide bonds. The molecule has 0 radical (unpaired) electrons. The SMILES string of the molecule is Cc1ccc(Cc2nnc(Nc3cccnc3)[nH]c2=O)cc1. The number of hydrogen-bond donors (Lipinski definition) is 2. The van der Waals surface area contributed by atoms with Crippen LogP contribution in [0.25, 0.3) is 0 Å². The molecule has 0 aliphatic carbocycles.